The third-order valence-electron chi connectivity index (χ3n) is 12.9. The number of carbonyl (C=O) groups is 1. The highest BCUT2D eigenvalue weighted by Crippen LogP contribution is 2.74. The number of fused-ring (bicyclic) bond motifs is 1. The molecule has 8 atom stereocenters. The maximum Gasteiger partial charge on any atom is 0.340 e. The van der Waals surface area contributed by atoms with E-state index in [1.165, 1.54) is 5.56 Å². The molecule has 8 heteroatoms. The van der Waals surface area contributed by atoms with Crippen molar-refractivity contribution in [3.8, 4) is 0 Å². The van der Waals surface area contributed by atoms with E-state index in [9.17, 15) is 15.0 Å². The summed E-state index contributed by atoms with van der Waals surface area (Å²) in [5, 5.41) is 23.8. The Morgan fingerprint density at radius 3 is 2.62 bits per heavy atom. The van der Waals surface area contributed by atoms with Gasteiger partial charge in [-0.2, -0.15) is 0 Å². The molecule has 3 N–H and O–H groups in total. The first kappa shape index (κ1) is 32.8. The summed E-state index contributed by atoms with van der Waals surface area (Å²) in [6, 6.07) is 10.5. The number of rotatable bonds is 4. The zero-order chi connectivity index (χ0) is 33.4. The Labute approximate surface area is 279 Å². The van der Waals surface area contributed by atoms with Crippen LogP contribution in [0.3, 0.4) is 0 Å². The van der Waals surface area contributed by atoms with Gasteiger partial charge >= 0.3 is 5.97 Å². The zero-order valence-corrected chi connectivity index (χ0v) is 28.9. The van der Waals surface area contributed by atoms with Crippen molar-refractivity contribution in [3.05, 3.63) is 82.2 Å². The number of allylic oxidation sites excluding steroid dienone is 1. The number of aryl methyl sites for hydroxylation is 3. The van der Waals surface area contributed by atoms with Crippen LogP contribution in [-0.4, -0.2) is 82.0 Å². The van der Waals surface area contributed by atoms with Gasteiger partial charge in [-0.25, -0.2) is 4.79 Å². The standard InChI is InChI=1S/C31H42N2O6.C8H10/c1-18-16-32-19(2)25(18)26(35)38-20(3)22-8-9-30-23-7-6-21-14-29(36)11-10-27(21,4)31(23,39-29)24(34)15-28(22,30)17-33(5)12-13-37-30;1-2-8-6-4-3-5-7-8/h7-8,16,20-21,24,32,34,36H,6,9-15,17H2,1-5H3;3-7H,2H2,1H3/t20?,21-,24-,27+,28+,29+,30+,31+;/m1./s1. The lowest BCUT2D eigenvalue weighted by Crippen LogP contribution is -2.79. The van der Waals surface area contributed by atoms with Crippen LogP contribution in [-0.2, 0) is 20.6 Å². The van der Waals surface area contributed by atoms with E-state index in [4.69, 9.17) is 14.2 Å². The van der Waals surface area contributed by atoms with Gasteiger partial charge in [-0.1, -0.05) is 56.3 Å². The molecule has 8 nitrogen and oxygen atoms in total. The topological polar surface area (TPSA) is 104 Å². The van der Waals surface area contributed by atoms with Crippen LogP contribution in [0.25, 0.3) is 0 Å². The van der Waals surface area contributed by atoms with Crippen LogP contribution in [0.2, 0.25) is 0 Å². The first-order chi connectivity index (χ1) is 22.3. The van der Waals surface area contributed by atoms with E-state index in [0.29, 0.717) is 44.4 Å². The van der Waals surface area contributed by atoms with Crippen molar-refractivity contribution in [2.24, 2.45) is 16.7 Å². The number of hydrogen-bond donors (Lipinski definition) is 3. The van der Waals surface area contributed by atoms with E-state index in [-0.39, 0.29) is 17.3 Å². The molecule has 254 valence electrons. The molecule has 3 aliphatic heterocycles. The number of hydrogen-bond acceptors (Lipinski definition) is 7. The molecule has 0 amide bonds. The monoisotopic (exact) mass is 644 g/mol. The van der Waals surface area contributed by atoms with Gasteiger partial charge in [-0.3, -0.25) is 0 Å². The van der Waals surface area contributed by atoms with Crippen molar-refractivity contribution in [2.75, 3.05) is 26.7 Å². The number of nitrogens with one attached hydrogen (secondary N) is 1. The van der Waals surface area contributed by atoms with Crippen molar-refractivity contribution >= 4 is 5.97 Å². The molecule has 0 radical (unpaired) electrons. The summed E-state index contributed by atoms with van der Waals surface area (Å²) in [7, 11) is 2.10. The van der Waals surface area contributed by atoms with Crippen LogP contribution in [0, 0.1) is 30.6 Å². The van der Waals surface area contributed by atoms with Crippen LogP contribution < -0.4 is 0 Å². The minimum Gasteiger partial charge on any atom is -0.454 e. The van der Waals surface area contributed by atoms with E-state index >= 15 is 0 Å². The molecule has 1 aromatic carbocycles. The summed E-state index contributed by atoms with van der Waals surface area (Å²) in [5.74, 6) is -1.31. The predicted octanol–water partition coefficient (Wildman–Crippen LogP) is 5.80. The minimum atomic E-state index is -1.22. The fraction of sp³-hybridized carbons (Fsp3) is 0.615. The van der Waals surface area contributed by atoms with Crippen molar-refractivity contribution in [2.45, 2.75) is 109 Å². The SMILES string of the molecule is CCc1ccccc1.Cc1c[nH]c(C)c1C(=O)OC(C)C1=CC[C@@]23OCCN(C)C[C@@]12C[C@@H](O)[C@]12O[C@@]4(O)CC[C@@]1(C)[C@H](CC=C32)C4. The molecule has 1 unspecified atom stereocenters. The number of aromatic amines is 1. The van der Waals surface area contributed by atoms with Gasteiger partial charge in [0.25, 0.3) is 0 Å². The summed E-state index contributed by atoms with van der Waals surface area (Å²) in [6.07, 6.45) is 10.0. The Kier molecular flexibility index (Phi) is 7.96. The van der Waals surface area contributed by atoms with E-state index < -0.39 is 34.6 Å². The number of aliphatic hydroxyl groups is 2. The molecule has 1 spiro atoms. The van der Waals surface area contributed by atoms with E-state index in [2.05, 4.69) is 67.2 Å². The number of ether oxygens (including phenoxy) is 3. The van der Waals surface area contributed by atoms with Crippen molar-refractivity contribution in [1.29, 1.82) is 0 Å². The number of esters is 1. The molecule has 47 heavy (non-hydrogen) atoms. The number of benzene rings is 1. The normalized spacial score (nSPS) is 39.2. The second kappa shape index (κ2) is 11.4. The summed E-state index contributed by atoms with van der Waals surface area (Å²) in [6.45, 7) is 12.2. The Bertz CT molecular complexity index is 1580. The van der Waals surface area contributed by atoms with Gasteiger partial charge in [0.1, 0.15) is 17.3 Å². The molecule has 7 aliphatic rings. The molecule has 4 heterocycles. The summed E-state index contributed by atoms with van der Waals surface area (Å²) < 4.78 is 19.9. The van der Waals surface area contributed by atoms with Crippen LogP contribution in [0.4, 0.5) is 0 Å². The number of likely N-dealkylation sites (N-methyl/N-ethyl adjacent to an activating group) is 1. The predicted molar refractivity (Wildman–Crippen MR) is 180 cm³/mol. The van der Waals surface area contributed by atoms with E-state index in [1.54, 1.807) is 0 Å². The second-order valence-corrected chi connectivity index (χ2v) is 15.4. The summed E-state index contributed by atoms with van der Waals surface area (Å²) in [4.78, 5) is 18.7. The van der Waals surface area contributed by atoms with Gasteiger partial charge in [-0.05, 0) is 88.1 Å². The Morgan fingerprint density at radius 2 is 1.94 bits per heavy atom. The molecule has 1 aromatic heterocycles. The van der Waals surface area contributed by atoms with Gasteiger partial charge in [0, 0.05) is 48.7 Å². The summed E-state index contributed by atoms with van der Waals surface area (Å²) >= 11 is 0. The second-order valence-electron chi connectivity index (χ2n) is 15.4. The smallest absolute Gasteiger partial charge is 0.340 e. The Balaban J connectivity index is 0.000000386. The van der Waals surface area contributed by atoms with Crippen molar-refractivity contribution in [1.82, 2.24) is 9.88 Å². The minimum absolute atomic E-state index is 0.252. The quantitative estimate of drug-likeness (QED) is 0.286. The molecule has 5 fully saturated rings. The van der Waals surface area contributed by atoms with Gasteiger partial charge < -0.3 is 34.3 Å². The highest BCUT2D eigenvalue weighted by molar-refractivity contribution is 5.92. The highest BCUT2D eigenvalue weighted by Gasteiger charge is 2.79. The maximum absolute atomic E-state index is 13.3. The van der Waals surface area contributed by atoms with Gasteiger partial charge in [0.15, 0.2) is 5.79 Å². The Hall–Kier alpha value is -2.75. The van der Waals surface area contributed by atoms with E-state index in [0.717, 1.165) is 48.2 Å². The number of carbonyl (C=O) groups excluding carboxylic acids is 1. The van der Waals surface area contributed by atoms with Crippen LogP contribution in [0.5, 0.6) is 0 Å². The molecule has 9 rings (SSSR count). The van der Waals surface area contributed by atoms with Crippen molar-refractivity contribution < 1.29 is 29.2 Å². The molecule has 2 aromatic rings. The molecule has 2 saturated carbocycles. The lowest BCUT2D eigenvalue weighted by Gasteiger charge is -2.73. The van der Waals surface area contributed by atoms with Gasteiger partial charge in [0.05, 0.1) is 18.3 Å². The summed E-state index contributed by atoms with van der Waals surface area (Å²) in [5.41, 5.74) is 3.06. The largest absolute Gasteiger partial charge is 0.454 e. The molecule has 3 saturated heterocycles. The molecule has 4 aliphatic carbocycles. The third kappa shape index (κ3) is 4.62. The lowest BCUT2D eigenvalue weighted by atomic mass is 9.41. The zero-order valence-electron chi connectivity index (χ0n) is 28.9. The number of nitrogens with zero attached hydrogens (tertiary/aromatic N) is 1. The fourth-order valence-electron chi connectivity index (χ4n) is 10.6. The van der Waals surface area contributed by atoms with E-state index in [1.807, 2.05) is 33.0 Å². The van der Waals surface area contributed by atoms with Crippen LogP contribution in [0.15, 0.2) is 59.8 Å². The lowest BCUT2D eigenvalue weighted by molar-refractivity contribution is -0.401. The van der Waals surface area contributed by atoms with Gasteiger partial charge in [0.2, 0.25) is 0 Å². The molecular formula is C39H52N2O6. The first-order valence-electron chi connectivity index (χ1n) is 17.6. The maximum atomic E-state index is 13.3. The van der Waals surface area contributed by atoms with Crippen LogP contribution in [0.1, 0.15) is 86.5 Å². The third-order valence-corrected chi connectivity index (χ3v) is 12.9. The Morgan fingerprint density at radius 1 is 1.17 bits per heavy atom. The fourth-order valence-corrected chi connectivity index (χ4v) is 10.6. The number of aliphatic hydroxyl groups excluding tert-OH is 1. The average Bonchev–Trinajstić information content (AvgIpc) is 3.48. The average molecular weight is 645 g/mol. The first-order valence-corrected chi connectivity index (χ1v) is 17.6. The number of aromatic nitrogens is 1. The van der Waals surface area contributed by atoms with Crippen molar-refractivity contribution in [3.63, 3.8) is 0 Å². The molecular weight excluding hydrogens is 592 g/mol. The highest BCUT2D eigenvalue weighted by atomic mass is 16.7. The molecule has 4 bridgehead atoms. The van der Waals surface area contributed by atoms with Gasteiger partial charge in [-0.15, -0.1) is 0 Å². The van der Waals surface area contributed by atoms with Crippen LogP contribution >= 0.6 is 0 Å². The number of H-pyrrole nitrogens is 1.